The summed E-state index contributed by atoms with van der Waals surface area (Å²) in [5.74, 6) is 0.940. The van der Waals surface area contributed by atoms with Crippen LogP contribution in [0.25, 0.3) is 0 Å². The third-order valence-electron chi connectivity index (χ3n) is 4.92. The summed E-state index contributed by atoms with van der Waals surface area (Å²) < 4.78 is 0. The van der Waals surface area contributed by atoms with Crippen molar-refractivity contribution >= 4 is 5.69 Å². The van der Waals surface area contributed by atoms with Gasteiger partial charge in [-0.2, -0.15) is 0 Å². The van der Waals surface area contributed by atoms with Gasteiger partial charge in [0.2, 0.25) is 0 Å². The molecular formula is C18H28N2. The van der Waals surface area contributed by atoms with E-state index in [1.807, 2.05) is 0 Å². The van der Waals surface area contributed by atoms with Crippen molar-refractivity contribution in [1.29, 1.82) is 0 Å². The summed E-state index contributed by atoms with van der Waals surface area (Å²) in [6.45, 7) is 6.89. The summed E-state index contributed by atoms with van der Waals surface area (Å²) in [4.78, 5) is 2.65. The molecule has 0 bridgehead atoms. The smallest absolute Gasteiger partial charge is 0.0412 e. The van der Waals surface area contributed by atoms with E-state index in [4.69, 9.17) is 0 Å². The van der Waals surface area contributed by atoms with Crippen molar-refractivity contribution in [2.75, 3.05) is 18.0 Å². The monoisotopic (exact) mass is 272 g/mol. The van der Waals surface area contributed by atoms with E-state index in [-0.39, 0.29) is 0 Å². The average molecular weight is 272 g/mol. The molecule has 1 heterocycles. The van der Waals surface area contributed by atoms with Gasteiger partial charge in [0, 0.05) is 30.9 Å². The van der Waals surface area contributed by atoms with E-state index in [2.05, 4.69) is 48.3 Å². The Morgan fingerprint density at radius 1 is 1.15 bits per heavy atom. The lowest BCUT2D eigenvalue weighted by molar-refractivity contribution is 0.360. The lowest BCUT2D eigenvalue weighted by atomic mass is 10.0. The topological polar surface area (TPSA) is 15.3 Å². The lowest BCUT2D eigenvalue weighted by Crippen LogP contribution is -2.57. The van der Waals surface area contributed by atoms with E-state index in [1.54, 1.807) is 0 Å². The van der Waals surface area contributed by atoms with Crippen LogP contribution >= 0.6 is 0 Å². The van der Waals surface area contributed by atoms with Crippen LogP contribution in [0.3, 0.4) is 0 Å². The van der Waals surface area contributed by atoms with Gasteiger partial charge in [-0.25, -0.2) is 0 Å². The van der Waals surface area contributed by atoms with Crippen LogP contribution in [0.15, 0.2) is 24.3 Å². The second-order valence-electron chi connectivity index (χ2n) is 6.48. The molecule has 2 fully saturated rings. The fourth-order valence-electron chi connectivity index (χ4n) is 3.46. The van der Waals surface area contributed by atoms with Crippen LogP contribution in [0.1, 0.15) is 45.1 Å². The van der Waals surface area contributed by atoms with Gasteiger partial charge < -0.3 is 10.2 Å². The van der Waals surface area contributed by atoms with Crippen LogP contribution in [0, 0.1) is 5.92 Å². The Balaban J connectivity index is 1.73. The lowest BCUT2D eigenvalue weighted by Gasteiger charge is -2.42. The molecule has 2 heteroatoms. The molecule has 2 nitrogen and oxygen atoms in total. The fourth-order valence-corrected chi connectivity index (χ4v) is 3.46. The normalized spacial score (nSPS) is 26.8. The van der Waals surface area contributed by atoms with E-state index in [0.29, 0.717) is 12.1 Å². The maximum atomic E-state index is 3.77. The SMILES string of the molecule is CCCc1ccc(N2CC(C3CC3)NCC2CC)cc1. The summed E-state index contributed by atoms with van der Waals surface area (Å²) in [5, 5.41) is 3.77. The van der Waals surface area contributed by atoms with Gasteiger partial charge in [0.1, 0.15) is 0 Å². The van der Waals surface area contributed by atoms with Crippen LogP contribution in [0.5, 0.6) is 0 Å². The molecule has 0 amide bonds. The summed E-state index contributed by atoms with van der Waals surface area (Å²) in [6.07, 6.45) is 6.51. The van der Waals surface area contributed by atoms with E-state index < -0.39 is 0 Å². The molecule has 1 aromatic rings. The minimum atomic E-state index is 0.655. The first-order chi connectivity index (χ1) is 9.81. The number of piperazine rings is 1. The van der Waals surface area contributed by atoms with E-state index >= 15 is 0 Å². The molecule has 1 N–H and O–H groups in total. The molecule has 0 radical (unpaired) electrons. The van der Waals surface area contributed by atoms with Crippen LogP contribution in [0.4, 0.5) is 5.69 Å². The second-order valence-corrected chi connectivity index (χ2v) is 6.48. The Labute approximate surface area is 123 Å². The Hall–Kier alpha value is -1.02. The minimum absolute atomic E-state index is 0.655. The molecule has 1 aromatic carbocycles. The number of hydrogen-bond acceptors (Lipinski definition) is 2. The third-order valence-corrected chi connectivity index (χ3v) is 4.92. The number of aryl methyl sites for hydroxylation is 1. The van der Waals surface area contributed by atoms with Crippen molar-refractivity contribution in [3.05, 3.63) is 29.8 Å². The number of rotatable bonds is 5. The van der Waals surface area contributed by atoms with Gasteiger partial charge >= 0.3 is 0 Å². The van der Waals surface area contributed by atoms with Gasteiger partial charge in [-0.3, -0.25) is 0 Å². The summed E-state index contributed by atoms with van der Waals surface area (Å²) in [6, 6.07) is 10.7. The van der Waals surface area contributed by atoms with Crippen molar-refractivity contribution in [3.63, 3.8) is 0 Å². The third kappa shape index (κ3) is 3.01. The Morgan fingerprint density at radius 2 is 1.90 bits per heavy atom. The first kappa shape index (κ1) is 13.9. The van der Waals surface area contributed by atoms with Crippen LogP contribution in [-0.4, -0.2) is 25.2 Å². The zero-order valence-corrected chi connectivity index (χ0v) is 12.9. The largest absolute Gasteiger partial charge is 0.366 e. The van der Waals surface area contributed by atoms with E-state index in [1.165, 1.54) is 49.9 Å². The second kappa shape index (κ2) is 6.17. The van der Waals surface area contributed by atoms with Crippen LogP contribution in [-0.2, 0) is 6.42 Å². The molecule has 0 spiro atoms. The highest BCUT2D eigenvalue weighted by Gasteiger charge is 2.36. The molecule has 3 rings (SSSR count). The highest BCUT2D eigenvalue weighted by molar-refractivity contribution is 5.49. The molecule has 20 heavy (non-hydrogen) atoms. The highest BCUT2D eigenvalue weighted by atomic mass is 15.2. The maximum Gasteiger partial charge on any atom is 0.0412 e. The average Bonchev–Trinajstić information content (AvgIpc) is 3.32. The Bertz CT molecular complexity index is 422. The first-order valence-corrected chi connectivity index (χ1v) is 8.40. The summed E-state index contributed by atoms with van der Waals surface area (Å²) in [5.41, 5.74) is 2.89. The number of anilines is 1. The first-order valence-electron chi connectivity index (χ1n) is 8.40. The van der Waals surface area contributed by atoms with Gasteiger partial charge in [0.15, 0.2) is 0 Å². The van der Waals surface area contributed by atoms with Crippen molar-refractivity contribution in [1.82, 2.24) is 5.32 Å². The number of hydrogen-bond donors (Lipinski definition) is 1. The minimum Gasteiger partial charge on any atom is -0.366 e. The standard InChI is InChI=1S/C18H28N2/c1-3-5-14-6-10-17(11-7-14)20-13-18(15-8-9-15)19-12-16(20)4-2/h6-7,10-11,15-16,18-19H,3-5,8-9,12-13H2,1-2H3. The predicted octanol–water partition coefficient (Wildman–Crippen LogP) is 3.61. The van der Waals surface area contributed by atoms with Crippen LogP contribution in [0.2, 0.25) is 0 Å². The molecular weight excluding hydrogens is 244 g/mol. The molecule has 0 aromatic heterocycles. The predicted molar refractivity (Wildman–Crippen MR) is 86.4 cm³/mol. The summed E-state index contributed by atoms with van der Waals surface area (Å²) in [7, 11) is 0. The van der Waals surface area contributed by atoms with Crippen molar-refractivity contribution < 1.29 is 0 Å². The molecule has 1 aliphatic carbocycles. The van der Waals surface area contributed by atoms with E-state index in [0.717, 1.165) is 12.5 Å². The van der Waals surface area contributed by atoms with Crippen molar-refractivity contribution in [2.45, 2.75) is 58.0 Å². The molecule has 1 aliphatic heterocycles. The number of benzene rings is 1. The number of nitrogens with zero attached hydrogens (tertiary/aromatic N) is 1. The molecule has 1 saturated heterocycles. The van der Waals surface area contributed by atoms with Crippen LogP contribution < -0.4 is 10.2 Å². The van der Waals surface area contributed by atoms with Crippen molar-refractivity contribution in [3.8, 4) is 0 Å². The van der Waals surface area contributed by atoms with Gasteiger partial charge in [-0.05, 0) is 49.3 Å². The van der Waals surface area contributed by atoms with Gasteiger partial charge in [0.25, 0.3) is 0 Å². The van der Waals surface area contributed by atoms with Gasteiger partial charge in [-0.15, -0.1) is 0 Å². The quantitative estimate of drug-likeness (QED) is 0.881. The molecule has 1 saturated carbocycles. The van der Waals surface area contributed by atoms with Gasteiger partial charge in [0.05, 0.1) is 0 Å². The van der Waals surface area contributed by atoms with Gasteiger partial charge in [-0.1, -0.05) is 32.4 Å². The summed E-state index contributed by atoms with van der Waals surface area (Å²) >= 11 is 0. The Kier molecular flexibility index (Phi) is 4.30. The zero-order chi connectivity index (χ0) is 13.9. The fraction of sp³-hybridized carbons (Fsp3) is 0.667. The van der Waals surface area contributed by atoms with E-state index in [9.17, 15) is 0 Å². The van der Waals surface area contributed by atoms with Crippen molar-refractivity contribution in [2.24, 2.45) is 5.92 Å². The highest BCUT2D eigenvalue weighted by Crippen LogP contribution is 2.35. The molecule has 2 atom stereocenters. The molecule has 2 aliphatic rings. The zero-order valence-electron chi connectivity index (χ0n) is 12.9. The molecule has 110 valence electrons. The molecule has 2 unspecified atom stereocenters. The Morgan fingerprint density at radius 3 is 2.50 bits per heavy atom. The maximum absolute atomic E-state index is 3.77. The number of nitrogens with one attached hydrogen (secondary N) is 1.